The Labute approximate surface area is 123 Å². The number of halogens is 1. The molecule has 0 aromatic carbocycles. The van der Waals surface area contributed by atoms with Crippen LogP contribution >= 0.6 is 12.4 Å². The molecule has 1 saturated carbocycles. The van der Waals surface area contributed by atoms with E-state index >= 15 is 0 Å². The standard InChI is InChI=1S/C14H27N3O.ClH/c1-3-17(12-4-5-12)9-8-16-14(18)13-10-11(2)6-7-15-13;/h11-13,15H,3-10H2,1-2H3,(H,16,18);1H. The summed E-state index contributed by atoms with van der Waals surface area (Å²) in [7, 11) is 0. The fourth-order valence-electron chi connectivity index (χ4n) is 2.79. The number of nitrogens with one attached hydrogen (secondary N) is 2. The van der Waals surface area contributed by atoms with Crippen molar-refractivity contribution >= 4 is 18.3 Å². The molecule has 2 unspecified atom stereocenters. The summed E-state index contributed by atoms with van der Waals surface area (Å²) >= 11 is 0. The van der Waals surface area contributed by atoms with Crippen LogP contribution < -0.4 is 10.6 Å². The summed E-state index contributed by atoms with van der Waals surface area (Å²) in [6, 6.07) is 0.824. The van der Waals surface area contributed by atoms with Crippen molar-refractivity contribution in [1.29, 1.82) is 0 Å². The van der Waals surface area contributed by atoms with Crippen LogP contribution in [-0.4, -0.2) is 49.1 Å². The highest BCUT2D eigenvalue weighted by Crippen LogP contribution is 2.25. The third-order valence-corrected chi connectivity index (χ3v) is 4.15. The summed E-state index contributed by atoms with van der Waals surface area (Å²) < 4.78 is 0. The smallest absolute Gasteiger partial charge is 0.237 e. The zero-order valence-electron chi connectivity index (χ0n) is 12.2. The highest BCUT2D eigenvalue weighted by atomic mass is 35.5. The maximum atomic E-state index is 12.0. The molecule has 19 heavy (non-hydrogen) atoms. The van der Waals surface area contributed by atoms with Gasteiger partial charge in [-0.3, -0.25) is 9.69 Å². The Balaban J connectivity index is 0.00000180. The molecular weight excluding hydrogens is 262 g/mol. The van der Waals surface area contributed by atoms with E-state index in [0.29, 0.717) is 5.92 Å². The Hall–Kier alpha value is -0.320. The predicted molar refractivity (Wildman–Crippen MR) is 80.7 cm³/mol. The molecule has 112 valence electrons. The van der Waals surface area contributed by atoms with Crippen molar-refractivity contribution in [3.63, 3.8) is 0 Å². The fourth-order valence-corrected chi connectivity index (χ4v) is 2.79. The number of nitrogens with zero attached hydrogens (tertiary/aromatic N) is 1. The summed E-state index contributed by atoms with van der Waals surface area (Å²) in [5.41, 5.74) is 0. The van der Waals surface area contributed by atoms with Gasteiger partial charge in [0.25, 0.3) is 0 Å². The maximum Gasteiger partial charge on any atom is 0.237 e. The molecule has 5 heteroatoms. The van der Waals surface area contributed by atoms with Gasteiger partial charge in [0, 0.05) is 19.1 Å². The van der Waals surface area contributed by atoms with E-state index in [-0.39, 0.29) is 24.4 Å². The predicted octanol–water partition coefficient (Wildman–Crippen LogP) is 1.40. The Morgan fingerprint density at radius 1 is 1.37 bits per heavy atom. The first-order chi connectivity index (χ1) is 8.70. The lowest BCUT2D eigenvalue weighted by Crippen LogP contribution is -2.49. The summed E-state index contributed by atoms with van der Waals surface area (Å²) in [5, 5.41) is 6.39. The first-order valence-corrected chi connectivity index (χ1v) is 7.45. The van der Waals surface area contributed by atoms with Crippen LogP contribution in [-0.2, 0) is 4.79 Å². The second-order valence-corrected chi connectivity index (χ2v) is 5.79. The number of hydrogen-bond donors (Lipinski definition) is 2. The molecule has 0 bridgehead atoms. The zero-order valence-corrected chi connectivity index (χ0v) is 13.0. The minimum atomic E-state index is 0. The average molecular weight is 290 g/mol. The van der Waals surface area contributed by atoms with Crippen LogP contribution in [0.1, 0.15) is 39.5 Å². The minimum absolute atomic E-state index is 0. The van der Waals surface area contributed by atoms with Crippen LogP contribution in [0.3, 0.4) is 0 Å². The summed E-state index contributed by atoms with van der Waals surface area (Å²) in [4.78, 5) is 14.5. The lowest BCUT2D eigenvalue weighted by molar-refractivity contribution is -0.124. The van der Waals surface area contributed by atoms with E-state index in [1.54, 1.807) is 0 Å². The van der Waals surface area contributed by atoms with Gasteiger partial charge in [-0.15, -0.1) is 12.4 Å². The van der Waals surface area contributed by atoms with Gasteiger partial charge in [-0.25, -0.2) is 0 Å². The highest BCUT2D eigenvalue weighted by molar-refractivity contribution is 5.85. The molecule has 1 aliphatic carbocycles. The topological polar surface area (TPSA) is 44.4 Å². The number of likely N-dealkylation sites (N-methyl/N-ethyl adjacent to an activating group) is 1. The van der Waals surface area contributed by atoms with Gasteiger partial charge in [0.15, 0.2) is 0 Å². The number of rotatable bonds is 6. The van der Waals surface area contributed by atoms with Crippen LogP contribution in [0.25, 0.3) is 0 Å². The molecule has 0 aromatic heterocycles. The largest absolute Gasteiger partial charge is 0.353 e. The van der Waals surface area contributed by atoms with E-state index in [9.17, 15) is 4.79 Å². The molecular formula is C14H28ClN3O. The van der Waals surface area contributed by atoms with Gasteiger partial charge in [-0.05, 0) is 44.7 Å². The SMILES string of the molecule is CCN(CCNC(=O)C1CC(C)CCN1)C1CC1.Cl. The van der Waals surface area contributed by atoms with Crippen molar-refractivity contribution in [1.82, 2.24) is 15.5 Å². The van der Waals surface area contributed by atoms with Gasteiger partial charge in [0.1, 0.15) is 0 Å². The monoisotopic (exact) mass is 289 g/mol. The lowest BCUT2D eigenvalue weighted by atomic mass is 9.94. The molecule has 2 aliphatic rings. The van der Waals surface area contributed by atoms with Gasteiger partial charge in [-0.1, -0.05) is 13.8 Å². The Bertz CT molecular complexity index is 284. The van der Waals surface area contributed by atoms with Crippen molar-refractivity contribution in [2.45, 2.75) is 51.6 Å². The average Bonchev–Trinajstić information content (AvgIpc) is 3.18. The first-order valence-electron chi connectivity index (χ1n) is 7.45. The molecule has 1 heterocycles. The third-order valence-electron chi connectivity index (χ3n) is 4.15. The molecule has 2 atom stereocenters. The molecule has 0 radical (unpaired) electrons. The van der Waals surface area contributed by atoms with Crippen molar-refractivity contribution in [2.24, 2.45) is 5.92 Å². The van der Waals surface area contributed by atoms with Gasteiger partial charge in [-0.2, -0.15) is 0 Å². The van der Waals surface area contributed by atoms with Crippen molar-refractivity contribution in [3.8, 4) is 0 Å². The number of carbonyl (C=O) groups excluding carboxylic acids is 1. The molecule has 0 aromatic rings. The summed E-state index contributed by atoms with van der Waals surface area (Å²) in [6.07, 6.45) is 4.84. The third kappa shape index (κ3) is 5.28. The molecule has 2 fully saturated rings. The van der Waals surface area contributed by atoms with Crippen LogP contribution in [0.4, 0.5) is 0 Å². The Morgan fingerprint density at radius 2 is 2.11 bits per heavy atom. The zero-order chi connectivity index (χ0) is 13.0. The van der Waals surface area contributed by atoms with Gasteiger partial charge < -0.3 is 10.6 Å². The van der Waals surface area contributed by atoms with E-state index in [1.165, 1.54) is 19.3 Å². The highest BCUT2D eigenvalue weighted by Gasteiger charge is 2.28. The fraction of sp³-hybridized carbons (Fsp3) is 0.929. The molecule has 1 saturated heterocycles. The van der Waals surface area contributed by atoms with Crippen molar-refractivity contribution < 1.29 is 4.79 Å². The molecule has 0 spiro atoms. The van der Waals surface area contributed by atoms with E-state index < -0.39 is 0 Å². The van der Waals surface area contributed by atoms with Crippen LogP contribution in [0, 0.1) is 5.92 Å². The summed E-state index contributed by atoms with van der Waals surface area (Å²) in [5.74, 6) is 0.856. The number of carbonyl (C=O) groups is 1. The number of piperidine rings is 1. The van der Waals surface area contributed by atoms with Crippen LogP contribution in [0.2, 0.25) is 0 Å². The molecule has 1 aliphatic heterocycles. The van der Waals surface area contributed by atoms with E-state index in [0.717, 1.165) is 38.6 Å². The number of hydrogen-bond acceptors (Lipinski definition) is 3. The Kier molecular flexibility index (Phi) is 7.11. The minimum Gasteiger partial charge on any atom is -0.353 e. The van der Waals surface area contributed by atoms with Crippen molar-refractivity contribution in [2.75, 3.05) is 26.2 Å². The molecule has 4 nitrogen and oxygen atoms in total. The normalized spacial score (nSPS) is 26.9. The van der Waals surface area contributed by atoms with E-state index in [4.69, 9.17) is 0 Å². The second kappa shape index (κ2) is 8.08. The van der Waals surface area contributed by atoms with Gasteiger partial charge in [0.05, 0.1) is 6.04 Å². The Morgan fingerprint density at radius 3 is 2.68 bits per heavy atom. The number of amides is 1. The van der Waals surface area contributed by atoms with Crippen molar-refractivity contribution in [3.05, 3.63) is 0 Å². The maximum absolute atomic E-state index is 12.0. The van der Waals surface area contributed by atoms with E-state index in [2.05, 4.69) is 29.4 Å². The van der Waals surface area contributed by atoms with E-state index in [1.807, 2.05) is 0 Å². The van der Waals surface area contributed by atoms with Crippen LogP contribution in [0.5, 0.6) is 0 Å². The first kappa shape index (κ1) is 16.7. The molecule has 2 N–H and O–H groups in total. The molecule has 2 rings (SSSR count). The molecule has 1 amide bonds. The summed E-state index contributed by atoms with van der Waals surface area (Å²) in [6.45, 7) is 8.28. The van der Waals surface area contributed by atoms with Crippen LogP contribution in [0.15, 0.2) is 0 Å². The lowest BCUT2D eigenvalue weighted by Gasteiger charge is -2.27. The van der Waals surface area contributed by atoms with Gasteiger partial charge >= 0.3 is 0 Å². The second-order valence-electron chi connectivity index (χ2n) is 5.79. The quantitative estimate of drug-likeness (QED) is 0.777. The van der Waals surface area contributed by atoms with Gasteiger partial charge in [0.2, 0.25) is 5.91 Å².